The summed E-state index contributed by atoms with van der Waals surface area (Å²) in [6, 6.07) is 2.40. The average molecular weight is 441 g/mol. The van der Waals surface area contributed by atoms with Gasteiger partial charge in [-0.1, -0.05) is 6.92 Å². The standard InChI is InChI=1S/C22H30F3N3O3/c1-15-7-9-17(10-8-15)27(2)19(29)14-31-21(30)16-5-4-12-28(13-16)20-18(22(23,24)25)6-3-11-26-20/h3,6,11,15-17H,4-5,7-10,12-14H2,1-2H3. The van der Waals surface area contributed by atoms with Crippen LogP contribution in [0.25, 0.3) is 0 Å². The predicted octanol–water partition coefficient (Wildman–Crippen LogP) is 3.90. The molecule has 0 aromatic carbocycles. The van der Waals surface area contributed by atoms with Crippen molar-refractivity contribution in [1.29, 1.82) is 0 Å². The Morgan fingerprint density at radius 1 is 1.23 bits per heavy atom. The minimum atomic E-state index is -4.52. The van der Waals surface area contributed by atoms with E-state index in [1.54, 1.807) is 11.9 Å². The van der Waals surface area contributed by atoms with Crippen LogP contribution in [0.1, 0.15) is 51.0 Å². The van der Waals surface area contributed by atoms with Gasteiger partial charge in [-0.25, -0.2) is 4.98 Å². The number of alkyl halides is 3. The molecule has 0 spiro atoms. The number of rotatable bonds is 5. The van der Waals surface area contributed by atoms with Gasteiger partial charge in [-0.3, -0.25) is 9.59 Å². The minimum absolute atomic E-state index is 0.0868. The molecule has 2 aliphatic rings. The first-order valence-electron chi connectivity index (χ1n) is 10.9. The van der Waals surface area contributed by atoms with Gasteiger partial charge in [0.15, 0.2) is 6.61 Å². The van der Waals surface area contributed by atoms with Gasteiger partial charge >= 0.3 is 12.1 Å². The average Bonchev–Trinajstić information content (AvgIpc) is 2.76. The monoisotopic (exact) mass is 441 g/mol. The van der Waals surface area contributed by atoms with Gasteiger partial charge < -0.3 is 14.5 Å². The summed E-state index contributed by atoms with van der Waals surface area (Å²) in [5, 5.41) is 0. The first-order valence-corrected chi connectivity index (χ1v) is 10.9. The third kappa shape index (κ3) is 5.89. The fourth-order valence-electron chi connectivity index (χ4n) is 4.42. The highest BCUT2D eigenvalue weighted by Gasteiger charge is 2.37. The number of nitrogens with zero attached hydrogens (tertiary/aromatic N) is 3. The Hall–Kier alpha value is -2.32. The Morgan fingerprint density at radius 2 is 1.94 bits per heavy atom. The molecule has 1 aliphatic heterocycles. The summed E-state index contributed by atoms with van der Waals surface area (Å²) < 4.78 is 45.2. The smallest absolute Gasteiger partial charge is 0.419 e. The molecule has 2 heterocycles. The molecule has 2 fully saturated rings. The number of ether oxygens (including phenoxy) is 1. The second-order valence-corrected chi connectivity index (χ2v) is 8.68. The third-order valence-electron chi connectivity index (χ3n) is 6.41. The van der Waals surface area contributed by atoms with E-state index >= 15 is 0 Å². The van der Waals surface area contributed by atoms with Gasteiger partial charge in [0.05, 0.1) is 11.5 Å². The molecule has 1 atom stereocenters. The molecule has 1 saturated heterocycles. The summed E-state index contributed by atoms with van der Waals surface area (Å²) in [6.45, 7) is 2.33. The highest BCUT2D eigenvalue weighted by Crippen LogP contribution is 2.36. The molecular weight excluding hydrogens is 411 g/mol. The van der Waals surface area contributed by atoms with E-state index in [0.29, 0.717) is 25.3 Å². The maximum absolute atomic E-state index is 13.3. The minimum Gasteiger partial charge on any atom is -0.455 e. The molecule has 172 valence electrons. The normalized spacial score (nSPS) is 24.5. The molecule has 0 radical (unpaired) electrons. The molecule has 1 unspecified atom stereocenters. The summed E-state index contributed by atoms with van der Waals surface area (Å²) in [5.74, 6) is -0.887. The van der Waals surface area contributed by atoms with E-state index < -0.39 is 23.6 Å². The molecule has 1 aliphatic carbocycles. The van der Waals surface area contributed by atoms with Crippen LogP contribution in [0.4, 0.5) is 19.0 Å². The number of amides is 1. The molecule has 1 aromatic rings. The lowest BCUT2D eigenvalue weighted by Gasteiger charge is -2.34. The summed E-state index contributed by atoms with van der Waals surface area (Å²) in [7, 11) is 1.74. The fourth-order valence-corrected chi connectivity index (χ4v) is 4.42. The Balaban J connectivity index is 1.55. The van der Waals surface area contributed by atoms with Crippen LogP contribution in [0, 0.1) is 11.8 Å². The predicted molar refractivity (Wildman–Crippen MR) is 109 cm³/mol. The van der Waals surface area contributed by atoms with Crippen LogP contribution in [0.5, 0.6) is 0 Å². The van der Waals surface area contributed by atoms with Crippen LogP contribution in [0.3, 0.4) is 0 Å². The van der Waals surface area contributed by atoms with Crippen LogP contribution in [0.2, 0.25) is 0 Å². The van der Waals surface area contributed by atoms with E-state index in [4.69, 9.17) is 4.74 Å². The maximum Gasteiger partial charge on any atom is 0.419 e. The highest BCUT2D eigenvalue weighted by atomic mass is 19.4. The molecular formula is C22H30F3N3O3. The van der Waals surface area contributed by atoms with Crippen molar-refractivity contribution in [2.45, 2.75) is 57.7 Å². The summed E-state index contributed by atoms with van der Waals surface area (Å²) in [4.78, 5) is 32.1. The molecule has 31 heavy (non-hydrogen) atoms. The van der Waals surface area contributed by atoms with Crippen molar-refractivity contribution in [3.8, 4) is 0 Å². The van der Waals surface area contributed by atoms with Crippen molar-refractivity contribution in [3.63, 3.8) is 0 Å². The number of hydrogen-bond donors (Lipinski definition) is 0. The van der Waals surface area contributed by atoms with Crippen molar-refractivity contribution in [2.24, 2.45) is 11.8 Å². The Kier molecular flexibility index (Phi) is 7.43. The van der Waals surface area contributed by atoms with E-state index in [2.05, 4.69) is 11.9 Å². The van der Waals surface area contributed by atoms with E-state index in [-0.39, 0.29) is 30.9 Å². The lowest BCUT2D eigenvalue weighted by Crippen LogP contribution is -2.43. The number of pyridine rings is 1. The number of piperidine rings is 1. The van der Waals surface area contributed by atoms with Crippen LogP contribution in [-0.4, -0.2) is 54.5 Å². The number of anilines is 1. The topological polar surface area (TPSA) is 62.7 Å². The fraction of sp³-hybridized carbons (Fsp3) is 0.682. The van der Waals surface area contributed by atoms with Crippen LogP contribution >= 0.6 is 0 Å². The number of hydrogen-bond acceptors (Lipinski definition) is 5. The lowest BCUT2D eigenvalue weighted by molar-refractivity contribution is -0.156. The number of carbonyl (C=O) groups is 2. The molecule has 0 bridgehead atoms. The molecule has 1 amide bonds. The van der Waals surface area contributed by atoms with Crippen molar-refractivity contribution in [3.05, 3.63) is 23.9 Å². The number of aromatic nitrogens is 1. The zero-order valence-electron chi connectivity index (χ0n) is 18.0. The zero-order valence-corrected chi connectivity index (χ0v) is 18.0. The molecule has 6 nitrogen and oxygen atoms in total. The van der Waals surface area contributed by atoms with Gasteiger partial charge in [0, 0.05) is 32.4 Å². The number of esters is 1. The first-order chi connectivity index (χ1) is 14.7. The van der Waals surface area contributed by atoms with E-state index in [9.17, 15) is 22.8 Å². The number of carbonyl (C=O) groups excluding carboxylic acids is 2. The maximum atomic E-state index is 13.3. The molecule has 9 heteroatoms. The SMILES string of the molecule is CC1CCC(N(C)C(=O)COC(=O)C2CCCN(c3ncccc3C(F)(F)F)C2)CC1. The van der Waals surface area contributed by atoms with Gasteiger partial charge in [0.25, 0.3) is 5.91 Å². The molecule has 3 rings (SSSR count). The Bertz CT molecular complexity index is 779. The van der Waals surface area contributed by atoms with Crippen molar-refractivity contribution >= 4 is 17.7 Å². The van der Waals surface area contributed by atoms with Crippen LogP contribution in [-0.2, 0) is 20.5 Å². The van der Waals surface area contributed by atoms with E-state index in [0.717, 1.165) is 31.7 Å². The number of halogens is 3. The van der Waals surface area contributed by atoms with Gasteiger partial charge in [-0.05, 0) is 56.6 Å². The highest BCUT2D eigenvalue weighted by molar-refractivity contribution is 5.81. The quantitative estimate of drug-likeness (QED) is 0.649. The molecule has 1 aromatic heterocycles. The van der Waals surface area contributed by atoms with Crippen LogP contribution in [0.15, 0.2) is 18.3 Å². The first kappa shape index (κ1) is 23.3. The van der Waals surface area contributed by atoms with Gasteiger partial charge in [0.2, 0.25) is 0 Å². The van der Waals surface area contributed by atoms with Crippen molar-refractivity contribution in [2.75, 3.05) is 31.6 Å². The van der Waals surface area contributed by atoms with Gasteiger partial charge in [-0.15, -0.1) is 0 Å². The van der Waals surface area contributed by atoms with Crippen LogP contribution < -0.4 is 4.90 Å². The third-order valence-corrected chi connectivity index (χ3v) is 6.41. The lowest BCUT2D eigenvalue weighted by atomic mass is 9.87. The van der Waals surface area contributed by atoms with Gasteiger partial charge in [-0.2, -0.15) is 13.2 Å². The number of likely N-dealkylation sites (N-methyl/N-ethyl adjacent to an activating group) is 1. The van der Waals surface area contributed by atoms with E-state index in [1.807, 2.05) is 0 Å². The Labute approximate surface area is 180 Å². The summed E-state index contributed by atoms with van der Waals surface area (Å²) in [5.41, 5.74) is -0.817. The summed E-state index contributed by atoms with van der Waals surface area (Å²) >= 11 is 0. The molecule has 1 saturated carbocycles. The Morgan fingerprint density at radius 3 is 2.61 bits per heavy atom. The second kappa shape index (κ2) is 9.87. The summed E-state index contributed by atoms with van der Waals surface area (Å²) in [6.07, 6.45) is 1.88. The van der Waals surface area contributed by atoms with Crippen molar-refractivity contribution in [1.82, 2.24) is 9.88 Å². The second-order valence-electron chi connectivity index (χ2n) is 8.68. The van der Waals surface area contributed by atoms with Gasteiger partial charge in [0.1, 0.15) is 5.82 Å². The zero-order chi connectivity index (χ0) is 22.6. The largest absolute Gasteiger partial charge is 0.455 e. The molecule has 0 N–H and O–H groups in total. The van der Waals surface area contributed by atoms with Crippen molar-refractivity contribution < 1.29 is 27.5 Å². The van der Waals surface area contributed by atoms with E-state index in [1.165, 1.54) is 17.2 Å².